The molecule has 21 heteroatoms. The highest BCUT2D eigenvalue weighted by molar-refractivity contribution is 7.89. The summed E-state index contributed by atoms with van der Waals surface area (Å²) in [5.41, 5.74) is 2.49. The lowest BCUT2D eigenvalue weighted by molar-refractivity contribution is -0.147. The Hall–Kier alpha value is -4.47. The maximum atomic E-state index is 14.7. The van der Waals surface area contributed by atoms with E-state index in [1.807, 2.05) is 0 Å². The fourth-order valence-corrected chi connectivity index (χ4v) is 8.60. The number of aliphatic hydroxyl groups is 1. The topological polar surface area (TPSA) is 245 Å². The van der Waals surface area contributed by atoms with Crippen LogP contribution in [-0.4, -0.2) is 113 Å². The first kappa shape index (κ1) is 42.7. The zero-order valence-corrected chi connectivity index (χ0v) is 31.8. The molecule has 0 radical (unpaired) electrons. The van der Waals surface area contributed by atoms with Gasteiger partial charge in [0.1, 0.15) is 29.8 Å². The Morgan fingerprint density at radius 2 is 1.70 bits per heavy atom. The Morgan fingerprint density at radius 3 is 2.29 bits per heavy atom. The van der Waals surface area contributed by atoms with Gasteiger partial charge in [-0.25, -0.2) is 17.8 Å². The minimum absolute atomic E-state index is 0.0201. The van der Waals surface area contributed by atoms with E-state index in [0.29, 0.717) is 5.69 Å². The maximum absolute atomic E-state index is 14.7. The summed E-state index contributed by atoms with van der Waals surface area (Å²) in [7, 11) is -4.56. The van der Waals surface area contributed by atoms with Crippen LogP contribution in [0.1, 0.15) is 93.7 Å². The number of halogens is 3. The fraction of sp³-hybridized carbons (Fsp3) is 0.629. The molecule has 3 aliphatic rings. The molecule has 1 aliphatic carbocycles. The summed E-state index contributed by atoms with van der Waals surface area (Å²) in [6.07, 6.45) is 0.972. The van der Waals surface area contributed by atoms with Crippen LogP contribution < -0.4 is 21.1 Å². The van der Waals surface area contributed by atoms with Gasteiger partial charge in [0.15, 0.2) is 0 Å². The number of nitrogens with zero attached hydrogens (tertiary/aromatic N) is 4. The van der Waals surface area contributed by atoms with Crippen LogP contribution in [0.4, 0.5) is 13.2 Å². The lowest BCUT2D eigenvalue weighted by Gasteiger charge is -2.37. The van der Waals surface area contributed by atoms with Crippen LogP contribution in [0, 0.1) is 5.92 Å². The predicted molar refractivity (Wildman–Crippen MR) is 190 cm³/mol. The number of carbonyl (C=O) groups excluding carboxylic acids is 5. The largest absolute Gasteiger partial charge is 0.402 e. The van der Waals surface area contributed by atoms with Crippen LogP contribution in [0.25, 0.3) is 0 Å². The third-order valence-corrected chi connectivity index (χ3v) is 12.0. The number of nitrogens with two attached hydrogens (primary N) is 1. The highest BCUT2D eigenvalue weighted by atomic mass is 32.2. The Bertz CT molecular complexity index is 1890. The first-order chi connectivity index (χ1) is 26.2. The number of hydrogen-bond donors (Lipinski definition) is 5. The SMILES string of the molecule is CC(C)(O)c1cnnn1[C@H]1C[C@@H](C(=O)NC2(C(=O)C(N)=O)CCOCC2)N(C(=O)[C@@H](CC2CCCCC2)NC(=O)c2ccc(S(=O)(=O)NCC(F)(F)F)cc2)C1. The zero-order valence-electron chi connectivity index (χ0n) is 31.0. The van der Waals surface area contributed by atoms with E-state index in [1.165, 1.54) is 34.3 Å². The van der Waals surface area contributed by atoms with Gasteiger partial charge in [-0.15, -0.1) is 5.10 Å². The highest BCUT2D eigenvalue weighted by Crippen LogP contribution is 2.34. The molecule has 3 fully saturated rings. The summed E-state index contributed by atoms with van der Waals surface area (Å²) < 4.78 is 71.1. The van der Waals surface area contributed by atoms with E-state index >= 15 is 0 Å². The van der Waals surface area contributed by atoms with E-state index in [0.717, 1.165) is 56.4 Å². The van der Waals surface area contributed by atoms with E-state index in [-0.39, 0.29) is 56.9 Å². The molecule has 3 heterocycles. The highest BCUT2D eigenvalue weighted by Gasteiger charge is 2.49. The van der Waals surface area contributed by atoms with Crippen LogP contribution in [-0.2, 0) is 39.5 Å². The standard InChI is InChI=1S/C35H47F3N8O9S/c1-33(2,52)27-18-40-44-46(27)23-17-26(31(50)43-34(28(47)29(39)48)12-14-55-15-13-34)45(19-23)32(51)25(16-21-6-4-3-5-7-21)42-30(49)22-8-10-24(11-9-22)56(53,54)41-20-35(36,37)38/h8-11,18,21,23,25-26,41,52H,3-7,12-17,19-20H2,1-2H3,(H2,39,48)(H,42,49)(H,43,50)/t23-,25+,26-/m0/s1. The summed E-state index contributed by atoms with van der Waals surface area (Å²) in [6.45, 7) is 1.23. The average Bonchev–Trinajstić information content (AvgIpc) is 3.83. The smallest absolute Gasteiger partial charge is 0.384 e. The molecule has 6 N–H and O–H groups in total. The number of rotatable bonds is 14. The minimum atomic E-state index is -4.79. The second kappa shape index (κ2) is 16.9. The van der Waals surface area contributed by atoms with Crippen molar-refractivity contribution in [2.75, 3.05) is 26.3 Å². The molecule has 2 aromatic rings. The van der Waals surface area contributed by atoms with Crippen molar-refractivity contribution >= 4 is 39.4 Å². The number of carbonyl (C=O) groups is 5. The molecule has 2 aliphatic heterocycles. The number of aromatic nitrogens is 3. The third kappa shape index (κ3) is 10.1. The Balaban J connectivity index is 1.45. The maximum Gasteiger partial charge on any atom is 0.402 e. The molecule has 2 saturated heterocycles. The quantitative estimate of drug-likeness (QED) is 0.168. The lowest BCUT2D eigenvalue weighted by Crippen LogP contribution is -2.64. The Morgan fingerprint density at radius 1 is 1.05 bits per heavy atom. The van der Waals surface area contributed by atoms with Gasteiger partial charge in [0.05, 0.1) is 22.8 Å². The van der Waals surface area contributed by atoms with E-state index < -0.39 is 86.3 Å². The number of benzene rings is 1. The van der Waals surface area contributed by atoms with Crippen LogP contribution in [0.2, 0.25) is 0 Å². The molecular weight excluding hydrogens is 765 g/mol. The van der Waals surface area contributed by atoms with Crippen LogP contribution in [0.5, 0.6) is 0 Å². The van der Waals surface area contributed by atoms with Gasteiger partial charge in [-0.05, 0) is 50.5 Å². The van der Waals surface area contributed by atoms with Gasteiger partial charge in [0, 0.05) is 44.6 Å². The van der Waals surface area contributed by atoms with E-state index in [2.05, 4.69) is 20.9 Å². The van der Waals surface area contributed by atoms with Gasteiger partial charge in [-0.1, -0.05) is 37.3 Å². The molecule has 0 spiro atoms. The summed E-state index contributed by atoms with van der Waals surface area (Å²) >= 11 is 0. The van der Waals surface area contributed by atoms with Crippen molar-refractivity contribution in [3.63, 3.8) is 0 Å². The summed E-state index contributed by atoms with van der Waals surface area (Å²) in [5, 5.41) is 24.4. The average molecular weight is 813 g/mol. The Labute approximate surface area is 321 Å². The molecule has 308 valence electrons. The van der Waals surface area contributed by atoms with Gasteiger partial charge < -0.3 is 31.1 Å². The second-order valence-electron chi connectivity index (χ2n) is 15.1. The molecule has 0 unspecified atom stereocenters. The van der Waals surface area contributed by atoms with Crippen molar-refractivity contribution < 1.29 is 55.4 Å². The number of amides is 4. The first-order valence-electron chi connectivity index (χ1n) is 18.4. The molecule has 17 nitrogen and oxygen atoms in total. The fourth-order valence-electron chi connectivity index (χ4n) is 7.58. The van der Waals surface area contributed by atoms with Crippen molar-refractivity contribution in [3.05, 3.63) is 41.7 Å². The van der Waals surface area contributed by atoms with Crippen LogP contribution in [0.3, 0.4) is 0 Å². The molecule has 56 heavy (non-hydrogen) atoms. The van der Waals surface area contributed by atoms with E-state index in [9.17, 15) is 50.7 Å². The lowest BCUT2D eigenvalue weighted by atomic mass is 9.84. The summed E-state index contributed by atoms with van der Waals surface area (Å²) in [4.78, 5) is 68.7. The van der Waals surface area contributed by atoms with Gasteiger partial charge in [-0.2, -0.15) is 13.2 Å². The van der Waals surface area contributed by atoms with Gasteiger partial charge in [-0.3, -0.25) is 24.0 Å². The van der Waals surface area contributed by atoms with Gasteiger partial charge >= 0.3 is 6.18 Å². The molecule has 5 rings (SSSR count). The molecule has 1 saturated carbocycles. The van der Waals surface area contributed by atoms with Crippen molar-refractivity contribution in [1.82, 2.24) is 35.2 Å². The van der Waals surface area contributed by atoms with E-state index in [1.54, 1.807) is 0 Å². The van der Waals surface area contributed by atoms with Crippen molar-refractivity contribution in [2.45, 2.75) is 112 Å². The molecular formula is C35H47F3N8O9S. The molecule has 1 aromatic heterocycles. The first-order valence-corrected chi connectivity index (χ1v) is 19.8. The van der Waals surface area contributed by atoms with Gasteiger partial charge in [0.25, 0.3) is 11.8 Å². The number of sulfonamides is 1. The number of nitrogens with one attached hydrogen (secondary N) is 3. The van der Waals surface area contributed by atoms with Gasteiger partial charge in [0.2, 0.25) is 27.6 Å². The Kier molecular flexibility index (Phi) is 12.9. The number of alkyl halides is 3. The molecule has 4 amide bonds. The van der Waals surface area contributed by atoms with Crippen molar-refractivity contribution in [3.8, 4) is 0 Å². The number of primary amides is 1. The normalized spacial score (nSPS) is 21.3. The van der Waals surface area contributed by atoms with E-state index in [4.69, 9.17) is 10.5 Å². The second-order valence-corrected chi connectivity index (χ2v) is 16.9. The number of ether oxygens (including phenoxy) is 1. The molecule has 3 atom stereocenters. The van der Waals surface area contributed by atoms with Crippen molar-refractivity contribution in [1.29, 1.82) is 0 Å². The minimum Gasteiger partial charge on any atom is -0.384 e. The zero-order chi connectivity index (χ0) is 41.1. The summed E-state index contributed by atoms with van der Waals surface area (Å²) in [6, 6.07) is 0.977. The third-order valence-electron chi connectivity index (χ3n) is 10.6. The van der Waals surface area contributed by atoms with Crippen LogP contribution in [0.15, 0.2) is 35.4 Å². The number of hydrogen-bond acceptors (Lipinski definition) is 11. The number of Topliss-reactive ketones (excluding diaryl/α,β-unsaturated/α-hetero) is 1. The van der Waals surface area contributed by atoms with Crippen molar-refractivity contribution in [2.24, 2.45) is 11.7 Å². The predicted octanol–water partition coefficient (Wildman–Crippen LogP) is 0.977. The summed E-state index contributed by atoms with van der Waals surface area (Å²) in [5.74, 6) is -4.43. The number of likely N-dealkylation sites (tertiary alicyclic amines) is 1. The molecule has 0 bridgehead atoms. The number of ketones is 1. The monoisotopic (exact) mass is 812 g/mol. The molecule has 1 aromatic carbocycles. The van der Waals surface area contributed by atoms with Crippen LogP contribution >= 0.6 is 0 Å².